The number of thioether (sulfide) groups is 1. The third-order valence-corrected chi connectivity index (χ3v) is 10.0. The highest BCUT2D eigenvalue weighted by Crippen LogP contribution is 2.66. The summed E-state index contributed by atoms with van der Waals surface area (Å²) >= 11 is 2.11. The van der Waals surface area contributed by atoms with Crippen molar-refractivity contribution in [2.24, 2.45) is 34.5 Å². The van der Waals surface area contributed by atoms with Crippen molar-refractivity contribution in [2.75, 3.05) is 13.3 Å². The van der Waals surface area contributed by atoms with Crippen molar-refractivity contribution in [2.45, 2.75) is 77.0 Å². The Hall–Kier alpha value is -0.180. The lowest BCUT2D eigenvalue weighted by Crippen LogP contribution is -2.62. The van der Waals surface area contributed by atoms with Crippen LogP contribution in [0.15, 0.2) is 0 Å². The van der Waals surface area contributed by atoms with E-state index in [-0.39, 0.29) is 0 Å². The second kappa shape index (κ2) is 5.66. The number of nitrogens with zero attached hydrogens (tertiary/aromatic N) is 1. The summed E-state index contributed by atoms with van der Waals surface area (Å²) in [5, 5.41) is 0.882. The first kappa shape index (κ1) is 17.2. The van der Waals surface area contributed by atoms with Crippen molar-refractivity contribution in [1.82, 2.24) is 4.90 Å². The number of likely N-dealkylation sites (tertiary alicyclic amines) is 1. The molecular weight excluding hydrogens is 314 g/mol. The third kappa shape index (κ3) is 2.25. The fourth-order valence-corrected chi connectivity index (χ4v) is 8.58. The molecule has 3 aliphatic carbocycles. The minimum absolute atomic E-state index is 0.360. The number of rotatable bonds is 1. The molecule has 0 aromatic carbocycles. The number of carbonyl (C=O) groups excluding carboxylic acids is 1. The zero-order valence-corrected chi connectivity index (χ0v) is 17.0. The predicted octanol–water partition coefficient (Wildman–Crippen LogP) is 4.83. The highest BCUT2D eigenvalue weighted by Gasteiger charge is 2.61. The minimum Gasteiger partial charge on any atom is -0.342 e. The molecule has 2 nitrogen and oxygen atoms in total. The molecule has 8 atom stereocenters. The molecule has 3 unspecified atom stereocenters. The SMILES string of the molecule is CSC1C[C@H]2[C@@H]3C(C)CC4N(C)C(=O)CC[C@]4(C)[C@@H]3CC[C@]2(C)C1. The maximum atomic E-state index is 12.3. The van der Waals surface area contributed by atoms with Crippen LogP contribution < -0.4 is 0 Å². The normalized spacial score (nSPS) is 54.2. The van der Waals surface area contributed by atoms with Gasteiger partial charge >= 0.3 is 0 Å². The summed E-state index contributed by atoms with van der Waals surface area (Å²) in [6.45, 7) is 7.64. The van der Waals surface area contributed by atoms with Gasteiger partial charge < -0.3 is 4.90 Å². The number of piperidine rings is 1. The smallest absolute Gasteiger partial charge is 0.222 e. The van der Waals surface area contributed by atoms with Crippen molar-refractivity contribution in [1.29, 1.82) is 0 Å². The minimum atomic E-state index is 0.360. The van der Waals surface area contributed by atoms with Gasteiger partial charge in [0.2, 0.25) is 5.91 Å². The van der Waals surface area contributed by atoms with Crippen LogP contribution in [0.5, 0.6) is 0 Å². The van der Waals surface area contributed by atoms with Gasteiger partial charge in [0.05, 0.1) is 0 Å². The number of hydrogen-bond acceptors (Lipinski definition) is 2. The molecule has 0 aromatic heterocycles. The van der Waals surface area contributed by atoms with E-state index in [2.05, 4.69) is 50.7 Å². The van der Waals surface area contributed by atoms with Crippen LogP contribution >= 0.6 is 11.8 Å². The van der Waals surface area contributed by atoms with Crippen molar-refractivity contribution >= 4 is 17.7 Å². The van der Waals surface area contributed by atoms with Gasteiger partial charge in [0.15, 0.2) is 0 Å². The average molecular weight is 350 g/mol. The Morgan fingerprint density at radius 1 is 1.17 bits per heavy atom. The van der Waals surface area contributed by atoms with Crippen LogP contribution in [0.3, 0.4) is 0 Å². The Morgan fingerprint density at radius 3 is 2.62 bits per heavy atom. The molecule has 1 heterocycles. The van der Waals surface area contributed by atoms with Gasteiger partial charge in [0.1, 0.15) is 0 Å². The number of hydrogen-bond donors (Lipinski definition) is 0. The summed E-state index contributed by atoms with van der Waals surface area (Å²) in [5.41, 5.74) is 0.946. The fraction of sp³-hybridized carbons (Fsp3) is 0.952. The molecule has 136 valence electrons. The maximum absolute atomic E-state index is 12.3. The Bertz CT molecular complexity index is 536. The molecular formula is C21H35NOS. The van der Waals surface area contributed by atoms with Crippen LogP contribution in [0.25, 0.3) is 0 Å². The standard InChI is InChI=1S/C21H35NOS/c1-13-10-17-21(3,9-7-18(23)22(17)4)15-6-8-20(2)12-14(24-5)11-16(20)19(13)15/h13-17,19H,6-12H2,1-5H3/t13?,14?,15-,16+,17?,19-,20-,21-/m1/s1. The van der Waals surface area contributed by atoms with E-state index in [1.165, 1.54) is 32.1 Å². The number of amides is 1. The van der Waals surface area contributed by atoms with Gasteiger partial charge in [-0.1, -0.05) is 20.8 Å². The molecule has 0 spiro atoms. The van der Waals surface area contributed by atoms with E-state index >= 15 is 0 Å². The number of fused-ring (bicyclic) bond motifs is 5. The predicted molar refractivity (Wildman–Crippen MR) is 102 cm³/mol. The first-order chi connectivity index (χ1) is 11.3. The second-order valence-electron chi connectivity index (χ2n) is 10.0. The maximum Gasteiger partial charge on any atom is 0.222 e. The van der Waals surface area contributed by atoms with E-state index in [4.69, 9.17) is 0 Å². The van der Waals surface area contributed by atoms with E-state index in [9.17, 15) is 4.79 Å². The first-order valence-corrected chi connectivity index (χ1v) is 11.4. The topological polar surface area (TPSA) is 20.3 Å². The third-order valence-electron chi connectivity index (χ3n) is 8.99. The molecule has 0 aromatic rings. The van der Waals surface area contributed by atoms with Crippen molar-refractivity contribution < 1.29 is 4.79 Å². The van der Waals surface area contributed by atoms with Gasteiger partial charge in [-0.15, -0.1) is 0 Å². The Kier molecular flexibility index (Phi) is 4.07. The van der Waals surface area contributed by atoms with Crippen LogP contribution in [0.1, 0.15) is 65.7 Å². The van der Waals surface area contributed by atoms with Crippen LogP contribution in [0.2, 0.25) is 0 Å². The van der Waals surface area contributed by atoms with E-state index in [1.807, 2.05) is 0 Å². The van der Waals surface area contributed by atoms with Gasteiger partial charge in [-0.2, -0.15) is 11.8 Å². The van der Waals surface area contributed by atoms with Gasteiger partial charge in [-0.3, -0.25) is 4.79 Å². The van der Waals surface area contributed by atoms with Crippen molar-refractivity contribution in [3.05, 3.63) is 0 Å². The van der Waals surface area contributed by atoms with Crippen LogP contribution in [-0.2, 0) is 4.79 Å². The molecule has 0 radical (unpaired) electrons. The van der Waals surface area contributed by atoms with Gasteiger partial charge in [0, 0.05) is 24.8 Å². The van der Waals surface area contributed by atoms with Gasteiger partial charge in [-0.25, -0.2) is 0 Å². The summed E-state index contributed by atoms with van der Waals surface area (Å²) in [5.74, 6) is 3.80. The Morgan fingerprint density at radius 2 is 1.92 bits per heavy atom. The van der Waals surface area contributed by atoms with Crippen LogP contribution in [-0.4, -0.2) is 35.4 Å². The summed E-state index contributed by atoms with van der Waals surface area (Å²) < 4.78 is 0. The van der Waals surface area contributed by atoms with Crippen molar-refractivity contribution in [3.8, 4) is 0 Å². The Balaban J connectivity index is 1.68. The lowest BCUT2D eigenvalue weighted by molar-refractivity contribution is -0.164. The van der Waals surface area contributed by atoms with Gasteiger partial charge in [-0.05, 0) is 79.3 Å². The summed E-state index contributed by atoms with van der Waals surface area (Å²) in [4.78, 5) is 14.4. The monoisotopic (exact) mass is 349 g/mol. The molecule has 3 saturated carbocycles. The molecule has 0 N–H and O–H groups in total. The molecule has 3 heteroatoms. The van der Waals surface area contributed by atoms with E-state index in [0.29, 0.717) is 22.8 Å². The molecule has 1 aliphatic heterocycles. The highest BCUT2D eigenvalue weighted by molar-refractivity contribution is 7.99. The average Bonchev–Trinajstić information content (AvgIpc) is 2.90. The molecule has 1 amide bonds. The largest absolute Gasteiger partial charge is 0.342 e. The van der Waals surface area contributed by atoms with Gasteiger partial charge in [0.25, 0.3) is 0 Å². The van der Waals surface area contributed by atoms with Crippen LogP contribution in [0.4, 0.5) is 0 Å². The quantitative estimate of drug-likeness (QED) is 0.676. The van der Waals surface area contributed by atoms with E-state index in [0.717, 1.165) is 41.8 Å². The lowest BCUT2D eigenvalue weighted by Gasteiger charge is -2.63. The summed E-state index contributed by atoms with van der Waals surface area (Å²) in [6, 6.07) is 0.483. The molecule has 1 saturated heterocycles. The first-order valence-electron chi connectivity index (χ1n) is 10.1. The fourth-order valence-electron chi connectivity index (χ4n) is 7.64. The molecule has 4 fully saturated rings. The zero-order valence-electron chi connectivity index (χ0n) is 16.2. The lowest BCUT2D eigenvalue weighted by atomic mass is 9.45. The van der Waals surface area contributed by atoms with Crippen LogP contribution in [0, 0.1) is 34.5 Å². The number of carbonyl (C=O) groups is 1. The van der Waals surface area contributed by atoms with E-state index in [1.54, 1.807) is 0 Å². The second-order valence-corrected chi connectivity index (χ2v) is 11.2. The molecule has 24 heavy (non-hydrogen) atoms. The Labute approximate surface area is 152 Å². The molecule has 4 rings (SSSR count). The van der Waals surface area contributed by atoms with E-state index < -0.39 is 0 Å². The highest BCUT2D eigenvalue weighted by atomic mass is 32.2. The molecule has 0 bridgehead atoms. The molecule has 4 aliphatic rings. The van der Waals surface area contributed by atoms with Crippen molar-refractivity contribution in [3.63, 3.8) is 0 Å². The summed E-state index contributed by atoms with van der Waals surface area (Å²) in [6.07, 6.45) is 11.1. The summed E-state index contributed by atoms with van der Waals surface area (Å²) in [7, 11) is 2.07. The zero-order chi connectivity index (χ0) is 17.3.